The van der Waals surface area contributed by atoms with Gasteiger partial charge in [-0.1, -0.05) is 20.3 Å². The molecule has 0 bridgehead atoms. The van der Waals surface area contributed by atoms with Crippen LogP contribution in [0.15, 0.2) is 0 Å². The van der Waals surface area contributed by atoms with Gasteiger partial charge in [0.15, 0.2) is 0 Å². The van der Waals surface area contributed by atoms with Gasteiger partial charge in [-0.2, -0.15) is 11.8 Å². The Bertz CT molecular complexity index is 645. The lowest BCUT2D eigenvalue weighted by molar-refractivity contribution is -0.143. The molecule has 0 aliphatic rings. The van der Waals surface area contributed by atoms with Crippen LogP contribution in [0.2, 0.25) is 0 Å². The number of nitrogens with two attached hydrogens (primary N) is 1. The highest BCUT2D eigenvalue weighted by atomic mass is 32.2. The first-order valence-electron chi connectivity index (χ1n) is 10.0. The lowest BCUT2D eigenvalue weighted by Gasteiger charge is -2.27. The third-order valence-corrected chi connectivity index (χ3v) is 5.36. The molecule has 0 aliphatic heterocycles. The minimum Gasteiger partial charge on any atom is -0.481 e. The molecule has 0 fully saturated rings. The highest BCUT2D eigenvalue weighted by molar-refractivity contribution is 7.98. The Labute approximate surface area is 186 Å². The lowest BCUT2D eigenvalue weighted by Crippen LogP contribution is -2.58. The molecule has 11 nitrogen and oxygen atoms in total. The van der Waals surface area contributed by atoms with E-state index >= 15 is 0 Å². The summed E-state index contributed by atoms with van der Waals surface area (Å²) >= 11 is 1.44. The molecule has 5 atom stereocenters. The number of thioether (sulfide) groups is 1. The van der Waals surface area contributed by atoms with E-state index in [9.17, 15) is 29.1 Å². The SMILES string of the molecule is CCC(C)C(NC(=O)C(C)N)C(=O)NC(CCSC)C(=O)NC(CCC(=O)O)C(=O)O. The Morgan fingerprint density at radius 3 is 1.94 bits per heavy atom. The zero-order valence-corrected chi connectivity index (χ0v) is 19.2. The molecule has 0 aromatic carbocycles. The molecule has 5 unspecified atom stereocenters. The third kappa shape index (κ3) is 11.0. The smallest absolute Gasteiger partial charge is 0.326 e. The minimum absolute atomic E-state index is 0.221. The molecule has 0 radical (unpaired) electrons. The van der Waals surface area contributed by atoms with E-state index in [1.807, 2.05) is 13.2 Å². The maximum absolute atomic E-state index is 12.9. The first-order valence-corrected chi connectivity index (χ1v) is 11.4. The Morgan fingerprint density at radius 2 is 1.48 bits per heavy atom. The highest BCUT2D eigenvalue weighted by Crippen LogP contribution is 2.10. The summed E-state index contributed by atoms with van der Waals surface area (Å²) in [5.74, 6) is -4.12. The van der Waals surface area contributed by atoms with Gasteiger partial charge >= 0.3 is 11.9 Å². The average Bonchev–Trinajstić information content (AvgIpc) is 2.70. The van der Waals surface area contributed by atoms with Crippen LogP contribution < -0.4 is 21.7 Å². The normalized spacial score (nSPS) is 15.6. The zero-order valence-electron chi connectivity index (χ0n) is 18.3. The molecule has 0 rings (SSSR count). The molecule has 0 aromatic heterocycles. The van der Waals surface area contributed by atoms with Crippen LogP contribution in [0.3, 0.4) is 0 Å². The van der Waals surface area contributed by atoms with E-state index < -0.39 is 60.2 Å². The number of carboxylic acid groups (broad SMARTS) is 2. The summed E-state index contributed by atoms with van der Waals surface area (Å²) in [6, 6.07) is -4.19. The van der Waals surface area contributed by atoms with Crippen molar-refractivity contribution in [1.82, 2.24) is 16.0 Å². The second-order valence-corrected chi connectivity index (χ2v) is 8.32. The van der Waals surface area contributed by atoms with Gasteiger partial charge in [-0.3, -0.25) is 19.2 Å². The molecule has 0 aliphatic carbocycles. The van der Waals surface area contributed by atoms with E-state index in [1.54, 1.807) is 6.92 Å². The molecule has 0 saturated carbocycles. The summed E-state index contributed by atoms with van der Waals surface area (Å²) in [6.07, 6.45) is 1.89. The fraction of sp³-hybridized carbons (Fsp3) is 0.737. The summed E-state index contributed by atoms with van der Waals surface area (Å²) < 4.78 is 0. The number of carbonyl (C=O) groups excluding carboxylic acids is 3. The molecule has 7 N–H and O–H groups in total. The second-order valence-electron chi connectivity index (χ2n) is 7.33. The first kappa shape index (κ1) is 28.7. The number of rotatable bonds is 15. The summed E-state index contributed by atoms with van der Waals surface area (Å²) in [5.41, 5.74) is 5.57. The highest BCUT2D eigenvalue weighted by Gasteiger charge is 2.31. The third-order valence-electron chi connectivity index (χ3n) is 4.71. The van der Waals surface area contributed by atoms with E-state index in [2.05, 4.69) is 16.0 Å². The van der Waals surface area contributed by atoms with Gasteiger partial charge in [0.1, 0.15) is 18.1 Å². The van der Waals surface area contributed by atoms with Crippen molar-refractivity contribution >= 4 is 41.4 Å². The number of aliphatic carboxylic acids is 2. The lowest BCUT2D eigenvalue weighted by atomic mass is 9.97. The van der Waals surface area contributed by atoms with Crippen LogP contribution in [0.25, 0.3) is 0 Å². The van der Waals surface area contributed by atoms with Crippen LogP contribution in [0.4, 0.5) is 0 Å². The van der Waals surface area contributed by atoms with E-state index in [1.165, 1.54) is 18.7 Å². The molecule has 3 amide bonds. The van der Waals surface area contributed by atoms with Crippen LogP contribution in [0.5, 0.6) is 0 Å². The van der Waals surface area contributed by atoms with Gasteiger partial charge in [0.05, 0.1) is 6.04 Å². The largest absolute Gasteiger partial charge is 0.481 e. The van der Waals surface area contributed by atoms with Gasteiger partial charge in [0.25, 0.3) is 0 Å². The van der Waals surface area contributed by atoms with Crippen LogP contribution >= 0.6 is 11.8 Å². The van der Waals surface area contributed by atoms with Gasteiger partial charge in [0.2, 0.25) is 17.7 Å². The number of hydrogen-bond acceptors (Lipinski definition) is 7. The number of nitrogens with one attached hydrogen (secondary N) is 3. The molecule has 178 valence electrons. The van der Waals surface area contributed by atoms with Gasteiger partial charge in [-0.15, -0.1) is 0 Å². The van der Waals surface area contributed by atoms with Crippen LogP contribution in [-0.2, 0) is 24.0 Å². The topological polar surface area (TPSA) is 188 Å². The fourth-order valence-electron chi connectivity index (χ4n) is 2.55. The van der Waals surface area contributed by atoms with Crippen LogP contribution in [0.1, 0.15) is 46.5 Å². The molecule has 0 heterocycles. The zero-order chi connectivity index (χ0) is 24.1. The Kier molecular flexibility index (Phi) is 13.5. The van der Waals surface area contributed by atoms with Crippen LogP contribution in [-0.4, -0.2) is 76.0 Å². The van der Waals surface area contributed by atoms with Crippen molar-refractivity contribution in [3.05, 3.63) is 0 Å². The van der Waals surface area contributed by atoms with Crippen molar-refractivity contribution in [2.75, 3.05) is 12.0 Å². The summed E-state index contributed by atoms with van der Waals surface area (Å²) in [6.45, 7) is 5.11. The van der Waals surface area contributed by atoms with Gasteiger partial charge < -0.3 is 31.9 Å². The van der Waals surface area contributed by atoms with Gasteiger partial charge in [0, 0.05) is 6.42 Å². The molecule has 0 spiro atoms. The quantitative estimate of drug-likeness (QED) is 0.187. The van der Waals surface area contributed by atoms with E-state index in [0.29, 0.717) is 12.2 Å². The number of hydrogen-bond donors (Lipinski definition) is 6. The summed E-state index contributed by atoms with van der Waals surface area (Å²) in [5, 5.41) is 25.5. The maximum Gasteiger partial charge on any atom is 0.326 e. The summed E-state index contributed by atoms with van der Waals surface area (Å²) in [4.78, 5) is 59.7. The minimum atomic E-state index is -1.40. The van der Waals surface area contributed by atoms with Crippen molar-refractivity contribution in [3.63, 3.8) is 0 Å². The number of carboxylic acids is 2. The van der Waals surface area contributed by atoms with Crippen molar-refractivity contribution in [3.8, 4) is 0 Å². The maximum atomic E-state index is 12.9. The van der Waals surface area contributed by atoms with E-state index in [-0.39, 0.29) is 18.8 Å². The van der Waals surface area contributed by atoms with Crippen molar-refractivity contribution in [2.24, 2.45) is 11.7 Å². The molecule has 0 aromatic rings. The molecule has 31 heavy (non-hydrogen) atoms. The van der Waals surface area contributed by atoms with Crippen LogP contribution in [0, 0.1) is 5.92 Å². The molecular weight excluding hydrogens is 428 g/mol. The first-order chi connectivity index (χ1) is 14.4. The predicted octanol–water partition coefficient (Wildman–Crippen LogP) is -0.463. The average molecular weight is 463 g/mol. The summed E-state index contributed by atoms with van der Waals surface area (Å²) in [7, 11) is 0. The van der Waals surface area contributed by atoms with Gasteiger partial charge in [-0.25, -0.2) is 4.79 Å². The van der Waals surface area contributed by atoms with Crippen molar-refractivity contribution in [2.45, 2.75) is 70.6 Å². The van der Waals surface area contributed by atoms with Crippen molar-refractivity contribution < 1.29 is 34.2 Å². The monoisotopic (exact) mass is 462 g/mol. The number of carbonyl (C=O) groups is 5. The Hall–Kier alpha value is -2.34. The Balaban J connectivity index is 5.43. The van der Waals surface area contributed by atoms with E-state index in [0.717, 1.165) is 0 Å². The molecule has 12 heteroatoms. The van der Waals surface area contributed by atoms with Crippen molar-refractivity contribution in [1.29, 1.82) is 0 Å². The Morgan fingerprint density at radius 1 is 0.903 bits per heavy atom. The predicted molar refractivity (Wildman–Crippen MR) is 116 cm³/mol. The molecule has 0 saturated heterocycles. The standard InChI is InChI=1S/C19H34N4O7S/c1-5-10(2)15(23-16(26)11(3)20)18(28)21-12(8-9-31-4)17(27)22-13(19(29)30)6-7-14(24)25/h10-13,15H,5-9,20H2,1-4H3,(H,21,28)(H,22,27)(H,23,26)(H,24,25)(H,29,30). The second kappa shape index (κ2) is 14.6. The fourth-order valence-corrected chi connectivity index (χ4v) is 3.02. The van der Waals surface area contributed by atoms with E-state index in [4.69, 9.17) is 10.8 Å². The van der Waals surface area contributed by atoms with Gasteiger partial charge in [-0.05, 0) is 37.7 Å². The molecular formula is C19H34N4O7S. The number of amides is 3.